The summed E-state index contributed by atoms with van der Waals surface area (Å²) in [7, 11) is 1.77. The lowest BCUT2D eigenvalue weighted by atomic mass is 9.69. The van der Waals surface area contributed by atoms with Gasteiger partial charge in [0.25, 0.3) is 0 Å². The van der Waals surface area contributed by atoms with Crippen molar-refractivity contribution in [2.75, 3.05) is 26.7 Å². The second-order valence-corrected chi connectivity index (χ2v) is 16.0. The van der Waals surface area contributed by atoms with Gasteiger partial charge in [-0.15, -0.1) is 0 Å². The van der Waals surface area contributed by atoms with E-state index in [1.54, 1.807) is 48.3 Å². The Morgan fingerprint density at radius 1 is 0.840 bits per heavy atom. The highest BCUT2D eigenvalue weighted by Gasteiger charge is 2.37. The van der Waals surface area contributed by atoms with Crippen LogP contribution in [0.1, 0.15) is 120 Å². The van der Waals surface area contributed by atoms with Gasteiger partial charge in [-0.05, 0) is 91.4 Å². The summed E-state index contributed by atoms with van der Waals surface area (Å²) in [4.78, 5) is 38.8. The summed E-state index contributed by atoms with van der Waals surface area (Å²) in [6, 6.07) is 13.9. The fraction of sp³-hybridized carbons (Fsp3) is 0.643. The minimum absolute atomic E-state index is 0.0246. The van der Waals surface area contributed by atoms with Crippen LogP contribution in [0.5, 0.6) is 5.75 Å². The predicted molar refractivity (Wildman–Crippen MR) is 200 cm³/mol. The number of amides is 2. The van der Waals surface area contributed by atoms with Gasteiger partial charge in [0.1, 0.15) is 5.75 Å². The number of carbonyl (C=O) groups excluding carboxylic acids is 3. The lowest BCUT2D eigenvalue weighted by Crippen LogP contribution is -2.42. The molecule has 2 aromatic carbocycles. The van der Waals surface area contributed by atoms with E-state index in [1.165, 1.54) is 19.8 Å². The molecule has 8 heteroatoms. The minimum Gasteiger partial charge on any atom is -0.508 e. The molecule has 2 aliphatic carbocycles. The van der Waals surface area contributed by atoms with E-state index in [0.29, 0.717) is 53.2 Å². The molecule has 4 rings (SSSR count). The highest BCUT2D eigenvalue weighted by atomic mass is 16.3. The van der Waals surface area contributed by atoms with E-state index in [9.17, 15) is 29.7 Å². The van der Waals surface area contributed by atoms with Crippen LogP contribution in [-0.4, -0.2) is 64.6 Å². The van der Waals surface area contributed by atoms with Crippen LogP contribution in [0, 0.1) is 47.3 Å². The van der Waals surface area contributed by atoms with Gasteiger partial charge in [-0.2, -0.15) is 0 Å². The summed E-state index contributed by atoms with van der Waals surface area (Å²) in [5, 5.41) is 32.8. The smallest absolute Gasteiger partial charge is 0.225 e. The standard InChI is InChI=1S/C22H33NO3.C20H31NO3/c1-14(2)20-10-5-15(3)11-21(20)22(26)23-12-19(13-24)18-8-6-17(7-9-18)16(4)25;1-13(2)17-9-8-14(3)10-18(17)20(24)21(4)12-19(23)15-6-5-7-16(22)11-15/h6-9,14-15,19-21,24H,5,10-13H2,1-4H3,(H,23,26);5-7,11,13-14,17-19,22-23H,8-10,12H2,1-4H3/t15-,19?,20+,21-;14-,17+,18-,19?/m11/s1. The van der Waals surface area contributed by atoms with Crippen LogP contribution >= 0.6 is 0 Å². The molecule has 4 N–H and O–H groups in total. The number of nitrogens with one attached hydrogen (secondary N) is 1. The Labute approximate surface area is 301 Å². The molecule has 2 aliphatic rings. The third kappa shape index (κ3) is 11.7. The number of hydrogen-bond acceptors (Lipinski definition) is 6. The second-order valence-electron chi connectivity index (χ2n) is 16.0. The molecule has 8 nitrogen and oxygen atoms in total. The van der Waals surface area contributed by atoms with Crippen molar-refractivity contribution in [1.29, 1.82) is 0 Å². The van der Waals surface area contributed by atoms with Crippen molar-refractivity contribution in [1.82, 2.24) is 10.2 Å². The average molecular weight is 693 g/mol. The molecule has 50 heavy (non-hydrogen) atoms. The molecule has 278 valence electrons. The molecule has 0 heterocycles. The number of rotatable bonds is 12. The van der Waals surface area contributed by atoms with Gasteiger partial charge in [0.05, 0.1) is 19.3 Å². The van der Waals surface area contributed by atoms with Crippen molar-refractivity contribution in [3.63, 3.8) is 0 Å². The first-order valence-electron chi connectivity index (χ1n) is 18.8. The normalized spacial score (nSPS) is 24.9. The summed E-state index contributed by atoms with van der Waals surface area (Å²) in [6.45, 7) is 15.4. The molecular formula is C42H64N2O6. The molecule has 2 aromatic rings. The van der Waals surface area contributed by atoms with Gasteiger partial charge >= 0.3 is 0 Å². The van der Waals surface area contributed by atoms with Crippen molar-refractivity contribution in [3.05, 3.63) is 65.2 Å². The Kier molecular flexibility index (Phi) is 16.0. The fourth-order valence-electron chi connectivity index (χ4n) is 8.09. The van der Waals surface area contributed by atoms with Crippen LogP contribution in [-0.2, 0) is 9.59 Å². The number of Topliss-reactive ketones (excluding diaryl/α,β-unsaturated/α-hetero) is 1. The maximum Gasteiger partial charge on any atom is 0.225 e. The second kappa shape index (κ2) is 19.4. The summed E-state index contributed by atoms with van der Waals surface area (Å²) >= 11 is 0. The number of benzene rings is 2. The number of phenols is 1. The van der Waals surface area contributed by atoms with E-state index in [4.69, 9.17) is 0 Å². The van der Waals surface area contributed by atoms with Crippen LogP contribution in [0.3, 0.4) is 0 Å². The van der Waals surface area contributed by atoms with Crippen molar-refractivity contribution in [3.8, 4) is 5.75 Å². The zero-order chi connectivity index (χ0) is 37.1. The molecule has 0 radical (unpaired) electrons. The summed E-state index contributed by atoms with van der Waals surface area (Å²) in [6.07, 6.45) is 5.73. The zero-order valence-corrected chi connectivity index (χ0v) is 31.8. The van der Waals surface area contributed by atoms with Gasteiger partial charge in [-0.25, -0.2) is 0 Å². The number of nitrogens with zero attached hydrogens (tertiary/aromatic N) is 1. The molecule has 0 aromatic heterocycles. The van der Waals surface area contributed by atoms with E-state index < -0.39 is 6.10 Å². The summed E-state index contributed by atoms with van der Waals surface area (Å²) < 4.78 is 0. The largest absolute Gasteiger partial charge is 0.508 e. The Bertz CT molecular complexity index is 1370. The van der Waals surface area contributed by atoms with E-state index in [2.05, 4.69) is 46.9 Å². The van der Waals surface area contributed by atoms with Gasteiger partial charge < -0.3 is 25.5 Å². The molecule has 2 amide bonds. The molecule has 0 aliphatic heterocycles. The molecule has 2 unspecified atom stereocenters. The summed E-state index contributed by atoms with van der Waals surface area (Å²) in [5.74, 6) is 3.41. The molecule has 0 spiro atoms. The first kappa shape index (κ1) is 41.2. The van der Waals surface area contributed by atoms with Gasteiger partial charge in [0.2, 0.25) is 11.8 Å². The van der Waals surface area contributed by atoms with Crippen molar-refractivity contribution in [2.24, 2.45) is 47.3 Å². The van der Waals surface area contributed by atoms with Crippen LogP contribution in [0.15, 0.2) is 48.5 Å². The van der Waals surface area contributed by atoms with Gasteiger partial charge in [-0.1, -0.05) is 90.8 Å². The Balaban J connectivity index is 0.000000271. The maximum atomic E-state index is 13.0. The van der Waals surface area contributed by atoms with E-state index in [0.717, 1.165) is 31.2 Å². The molecule has 0 bridgehead atoms. The Hall–Kier alpha value is -3.23. The summed E-state index contributed by atoms with van der Waals surface area (Å²) in [5.41, 5.74) is 2.23. The zero-order valence-electron chi connectivity index (χ0n) is 31.8. The first-order valence-corrected chi connectivity index (χ1v) is 18.8. The molecule has 8 atom stereocenters. The first-order chi connectivity index (χ1) is 23.6. The number of aliphatic hydroxyl groups excluding tert-OH is 2. The highest BCUT2D eigenvalue weighted by Crippen LogP contribution is 2.40. The molecule has 2 fully saturated rings. The SMILES string of the molecule is CC(=O)c1ccc(C(CO)CNC(=O)[C@@H]2C[C@H](C)CC[C@H]2C(C)C)cc1.CC(C)[C@@H]1CC[C@@H](C)C[C@H]1C(=O)N(C)CC(O)c1cccc(O)c1. The third-order valence-corrected chi connectivity index (χ3v) is 11.3. The van der Waals surface area contributed by atoms with Gasteiger partial charge in [-0.3, -0.25) is 14.4 Å². The van der Waals surface area contributed by atoms with Crippen molar-refractivity contribution < 1.29 is 29.7 Å². The molecular weight excluding hydrogens is 628 g/mol. The van der Waals surface area contributed by atoms with Crippen LogP contribution in [0.2, 0.25) is 0 Å². The molecule has 0 saturated heterocycles. The Morgan fingerprint density at radius 3 is 1.92 bits per heavy atom. The van der Waals surface area contributed by atoms with Gasteiger partial charge in [0.15, 0.2) is 5.78 Å². The quantitative estimate of drug-likeness (QED) is 0.172. The lowest BCUT2D eigenvalue weighted by Gasteiger charge is -2.38. The highest BCUT2D eigenvalue weighted by molar-refractivity contribution is 5.94. The number of likely N-dealkylation sites (N-methyl/N-ethyl adjacent to an activating group) is 1. The van der Waals surface area contributed by atoms with E-state index in [-0.39, 0.29) is 54.3 Å². The fourth-order valence-corrected chi connectivity index (χ4v) is 8.09. The monoisotopic (exact) mass is 692 g/mol. The molecule has 2 saturated carbocycles. The van der Waals surface area contributed by atoms with E-state index >= 15 is 0 Å². The van der Waals surface area contributed by atoms with Crippen molar-refractivity contribution in [2.45, 2.75) is 99.0 Å². The Morgan fingerprint density at radius 2 is 1.40 bits per heavy atom. The van der Waals surface area contributed by atoms with Crippen LogP contribution < -0.4 is 5.32 Å². The van der Waals surface area contributed by atoms with Crippen LogP contribution in [0.25, 0.3) is 0 Å². The number of aromatic hydroxyl groups is 1. The van der Waals surface area contributed by atoms with Crippen LogP contribution in [0.4, 0.5) is 0 Å². The topological polar surface area (TPSA) is 127 Å². The number of phenolic OH excluding ortho intramolecular Hbond substituents is 1. The maximum absolute atomic E-state index is 13.0. The predicted octanol–water partition coefficient (Wildman–Crippen LogP) is 7.38. The van der Waals surface area contributed by atoms with Gasteiger partial charge in [0, 0.05) is 36.9 Å². The minimum atomic E-state index is -0.787. The number of carbonyl (C=O) groups is 3. The third-order valence-electron chi connectivity index (χ3n) is 11.3. The average Bonchev–Trinajstić information content (AvgIpc) is 3.08. The van der Waals surface area contributed by atoms with Crippen molar-refractivity contribution >= 4 is 17.6 Å². The lowest BCUT2D eigenvalue weighted by molar-refractivity contribution is -0.140. The van der Waals surface area contributed by atoms with E-state index in [1.807, 2.05) is 12.1 Å². The number of aliphatic hydroxyl groups is 2. The number of ketones is 1. The number of hydrogen-bond donors (Lipinski definition) is 4.